The molecule has 0 aromatic rings. The maximum Gasteiger partial charge on any atom is 0.522 e. The second kappa shape index (κ2) is 6.73. The lowest BCUT2D eigenvalue weighted by atomic mass is 9.86. The molecule has 18 heavy (non-hydrogen) atoms. The fraction of sp³-hybridized carbons (Fsp3) is 1.00. The molecular formula is C12H22F3NO2. The summed E-state index contributed by atoms with van der Waals surface area (Å²) in [5.41, 5.74) is -0.110. The van der Waals surface area contributed by atoms with Gasteiger partial charge in [-0.2, -0.15) is 0 Å². The van der Waals surface area contributed by atoms with Crippen molar-refractivity contribution in [2.75, 3.05) is 19.8 Å². The number of hydrogen-bond donors (Lipinski definition) is 1. The van der Waals surface area contributed by atoms with Gasteiger partial charge in [0.2, 0.25) is 0 Å². The van der Waals surface area contributed by atoms with E-state index in [1.165, 1.54) is 0 Å². The average Bonchev–Trinajstić information content (AvgIpc) is 2.34. The van der Waals surface area contributed by atoms with Gasteiger partial charge in [-0.05, 0) is 25.7 Å². The van der Waals surface area contributed by atoms with Gasteiger partial charge in [0.25, 0.3) is 0 Å². The molecule has 0 aliphatic carbocycles. The zero-order valence-corrected chi connectivity index (χ0v) is 11.0. The van der Waals surface area contributed by atoms with Gasteiger partial charge in [0.15, 0.2) is 0 Å². The van der Waals surface area contributed by atoms with E-state index in [4.69, 9.17) is 4.74 Å². The molecule has 6 heteroatoms. The minimum absolute atomic E-state index is 0.110. The molecule has 0 radical (unpaired) electrons. The predicted octanol–water partition coefficient (Wildman–Crippen LogP) is 2.85. The minimum atomic E-state index is -4.53. The van der Waals surface area contributed by atoms with Gasteiger partial charge in [-0.25, -0.2) is 0 Å². The van der Waals surface area contributed by atoms with E-state index < -0.39 is 6.36 Å². The highest BCUT2D eigenvalue weighted by molar-refractivity contribution is 4.87. The molecule has 0 bridgehead atoms. The summed E-state index contributed by atoms with van der Waals surface area (Å²) in [5.74, 6) is 0. The number of rotatable bonds is 6. The van der Waals surface area contributed by atoms with E-state index in [9.17, 15) is 13.2 Å². The number of ether oxygens (including phenoxy) is 2. The lowest BCUT2D eigenvalue weighted by Crippen LogP contribution is -2.47. The van der Waals surface area contributed by atoms with Crippen molar-refractivity contribution < 1.29 is 22.6 Å². The predicted molar refractivity (Wildman–Crippen MR) is 62.3 cm³/mol. The first kappa shape index (κ1) is 15.7. The molecule has 1 atom stereocenters. The largest absolute Gasteiger partial charge is 0.522 e. The third kappa shape index (κ3) is 5.12. The third-order valence-electron chi connectivity index (χ3n) is 3.58. The van der Waals surface area contributed by atoms with Gasteiger partial charge in [0.1, 0.15) is 0 Å². The normalized spacial score (nSPS) is 24.2. The molecule has 1 N–H and O–H groups in total. The molecule has 1 aliphatic heterocycles. The van der Waals surface area contributed by atoms with Gasteiger partial charge >= 0.3 is 6.36 Å². The number of halogens is 3. The lowest BCUT2D eigenvalue weighted by Gasteiger charge is -2.40. The summed E-state index contributed by atoms with van der Waals surface area (Å²) in [6, 6.07) is 0.218. The fourth-order valence-electron chi connectivity index (χ4n) is 2.37. The van der Waals surface area contributed by atoms with E-state index >= 15 is 0 Å². The second-order valence-electron chi connectivity index (χ2n) is 4.68. The van der Waals surface area contributed by atoms with Gasteiger partial charge < -0.3 is 10.1 Å². The standard InChI is InChI=1S/C12H22F3NO2/c1-3-11(4-2)9-10(5-7-17-11)16-6-8-18-12(13,14)15/h10,16H,3-9H2,1-2H3. The van der Waals surface area contributed by atoms with Crippen LogP contribution in [0.3, 0.4) is 0 Å². The highest BCUT2D eigenvalue weighted by atomic mass is 19.4. The van der Waals surface area contributed by atoms with Crippen LogP contribution in [0, 0.1) is 0 Å². The summed E-state index contributed by atoms with van der Waals surface area (Å²) in [5, 5.41) is 3.11. The second-order valence-corrected chi connectivity index (χ2v) is 4.68. The van der Waals surface area contributed by atoms with Gasteiger partial charge in [0, 0.05) is 19.2 Å². The smallest absolute Gasteiger partial charge is 0.375 e. The first-order valence-electron chi connectivity index (χ1n) is 6.49. The van der Waals surface area contributed by atoms with E-state index in [1.807, 2.05) is 0 Å². The Balaban J connectivity index is 2.26. The van der Waals surface area contributed by atoms with Crippen LogP contribution in [0.15, 0.2) is 0 Å². The van der Waals surface area contributed by atoms with Crippen molar-refractivity contribution in [2.45, 2.75) is 57.5 Å². The van der Waals surface area contributed by atoms with E-state index in [-0.39, 0.29) is 24.8 Å². The van der Waals surface area contributed by atoms with E-state index in [1.54, 1.807) is 0 Å². The Hall–Kier alpha value is -0.330. The minimum Gasteiger partial charge on any atom is -0.375 e. The molecule has 1 fully saturated rings. The summed E-state index contributed by atoms with van der Waals surface area (Å²) in [6.45, 7) is 4.70. The van der Waals surface area contributed by atoms with Crippen molar-refractivity contribution in [3.63, 3.8) is 0 Å². The third-order valence-corrected chi connectivity index (χ3v) is 3.58. The molecule has 1 rings (SSSR count). The van der Waals surface area contributed by atoms with Crippen molar-refractivity contribution in [1.29, 1.82) is 0 Å². The van der Waals surface area contributed by atoms with E-state index in [2.05, 4.69) is 23.9 Å². The molecule has 1 unspecified atom stereocenters. The summed E-state index contributed by atoms with van der Waals surface area (Å²) >= 11 is 0. The van der Waals surface area contributed by atoms with Crippen LogP contribution < -0.4 is 5.32 Å². The zero-order valence-electron chi connectivity index (χ0n) is 11.0. The topological polar surface area (TPSA) is 30.5 Å². The fourth-order valence-corrected chi connectivity index (χ4v) is 2.37. The highest BCUT2D eigenvalue weighted by Gasteiger charge is 2.34. The monoisotopic (exact) mass is 269 g/mol. The van der Waals surface area contributed by atoms with Crippen molar-refractivity contribution in [1.82, 2.24) is 5.32 Å². The molecule has 0 aromatic carbocycles. The van der Waals surface area contributed by atoms with Crippen molar-refractivity contribution in [2.24, 2.45) is 0 Å². The Morgan fingerprint density at radius 2 is 2.00 bits per heavy atom. The molecule has 0 aromatic heterocycles. The number of hydrogen-bond acceptors (Lipinski definition) is 3. The molecule has 1 saturated heterocycles. The van der Waals surface area contributed by atoms with Crippen LogP contribution in [-0.4, -0.2) is 37.8 Å². The molecule has 1 heterocycles. The van der Waals surface area contributed by atoms with Crippen LogP contribution in [-0.2, 0) is 9.47 Å². The molecule has 0 spiro atoms. The first-order chi connectivity index (χ1) is 8.41. The van der Waals surface area contributed by atoms with Crippen molar-refractivity contribution in [3.8, 4) is 0 Å². The van der Waals surface area contributed by atoms with Crippen LogP contribution in [0.25, 0.3) is 0 Å². The zero-order chi connectivity index (χ0) is 13.6. The Bertz CT molecular complexity index is 242. The van der Waals surface area contributed by atoms with Crippen LogP contribution >= 0.6 is 0 Å². The van der Waals surface area contributed by atoms with Crippen molar-refractivity contribution >= 4 is 0 Å². The summed E-state index contributed by atoms with van der Waals surface area (Å²) in [7, 11) is 0. The van der Waals surface area contributed by atoms with Gasteiger partial charge in [-0.3, -0.25) is 4.74 Å². The van der Waals surface area contributed by atoms with Gasteiger partial charge in [0.05, 0.1) is 12.2 Å². The lowest BCUT2D eigenvalue weighted by molar-refractivity contribution is -0.323. The average molecular weight is 269 g/mol. The summed E-state index contributed by atoms with van der Waals surface area (Å²) in [6.07, 6.45) is -0.977. The van der Waals surface area contributed by atoms with Crippen LogP contribution in [0.5, 0.6) is 0 Å². The van der Waals surface area contributed by atoms with Crippen LogP contribution in [0.2, 0.25) is 0 Å². The maximum atomic E-state index is 11.8. The highest BCUT2D eigenvalue weighted by Crippen LogP contribution is 2.31. The van der Waals surface area contributed by atoms with Crippen LogP contribution in [0.4, 0.5) is 13.2 Å². The first-order valence-corrected chi connectivity index (χ1v) is 6.49. The van der Waals surface area contributed by atoms with E-state index in [0.717, 1.165) is 25.7 Å². The SMILES string of the molecule is CCC1(CC)CC(NCCOC(F)(F)F)CCO1. The Morgan fingerprint density at radius 1 is 1.33 bits per heavy atom. The molecule has 0 saturated carbocycles. The van der Waals surface area contributed by atoms with Crippen LogP contribution in [0.1, 0.15) is 39.5 Å². The Labute approximate surface area is 106 Å². The molecule has 0 amide bonds. The molecule has 1 aliphatic rings. The number of alkyl halides is 3. The Kier molecular flexibility index (Phi) is 5.88. The molecule has 3 nitrogen and oxygen atoms in total. The Morgan fingerprint density at radius 3 is 2.56 bits per heavy atom. The number of nitrogens with one attached hydrogen (secondary N) is 1. The van der Waals surface area contributed by atoms with Gasteiger partial charge in [-0.15, -0.1) is 13.2 Å². The summed E-state index contributed by atoms with van der Waals surface area (Å²) < 4.78 is 44.9. The van der Waals surface area contributed by atoms with E-state index in [0.29, 0.717) is 6.61 Å². The quantitative estimate of drug-likeness (QED) is 0.752. The molecular weight excluding hydrogens is 247 g/mol. The van der Waals surface area contributed by atoms with Gasteiger partial charge in [-0.1, -0.05) is 13.8 Å². The molecule has 108 valence electrons. The summed E-state index contributed by atoms with van der Waals surface area (Å²) in [4.78, 5) is 0. The maximum absolute atomic E-state index is 11.8. The van der Waals surface area contributed by atoms with Crippen molar-refractivity contribution in [3.05, 3.63) is 0 Å².